The first-order chi connectivity index (χ1) is 9.67. The molecule has 0 saturated carbocycles. The van der Waals surface area contributed by atoms with Crippen molar-refractivity contribution < 1.29 is 9.53 Å². The second-order valence-corrected chi connectivity index (χ2v) is 4.55. The summed E-state index contributed by atoms with van der Waals surface area (Å²) in [5.74, 6) is 0.108. The van der Waals surface area contributed by atoms with Crippen LogP contribution in [-0.4, -0.2) is 25.6 Å². The van der Waals surface area contributed by atoms with Gasteiger partial charge in [-0.25, -0.2) is 4.79 Å². The Morgan fingerprint density at radius 2 is 1.90 bits per heavy atom. The van der Waals surface area contributed by atoms with Gasteiger partial charge in [0.2, 0.25) is 5.90 Å². The largest absolute Gasteiger partial charge is 0.481 e. The first kappa shape index (κ1) is 16.0. The number of ether oxygens (including phenoxy) is 1. The van der Waals surface area contributed by atoms with E-state index in [0.717, 1.165) is 12.8 Å². The standard InChI is InChI=1S/C15H23N3O2/c1-3-4-5-6-11-17-15(19)18-13-9-7-12(8-10-13)14(16)20-2/h7-10,16H,3-6,11H2,1-2H3,(H2,17,18,19). The number of carbonyl (C=O) groups excluding carboxylic acids is 1. The summed E-state index contributed by atoms with van der Waals surface area (Å²) in [4.78, 5) is 11.6. The molecule has 0 fully saturated rings. The van der Waals surface area contributed by atoms with Gasteiger partial charge in [-0.3, -0.25) is 5.41 Å². The van der Waals surface area contributed by atoms with Crippen LogP contribution < -0.4 is 10.6 Å². The highest BCUT2D eigenvalue weighted by atomic mass is 16.5. The summed E-state index contributed by atoms with van der Waals surface area (Å²) in [6.45, 7) is 2.85. The minimum absolute atomic E-state index is 0.108. The van der Waals surface area contributed by atoms with Crippen molar-refractivity contribution in [1.82, 2.24) is 5.32 Å². The van der Waals surface area contributed by atoms with Gasteiger partial charge in [0.15, 0.2) is 0 Å². The molecule has 2 amide bonds. The van der Waals surface area contributed by atoms with Gasteiger partial charge in [0.1, 0.15) is 0 Å². The van der Waals surface area contributed by atoms with E-state index in [2.05, 4.69) is 17.6 Å². The van der Waals surface area contributed by atoms with Crippen LogP contribution in [0.3, 0.4) is 0 Å². The van der Waals surface area contributed by atoms with Crippen molar-refractivity contribution >= 4 is 17.6 Å². The number of unbranched alkanes of at least 4 members (excludes halogenated alkanes) is 3. The zero-order valence-electron chi connectivity index (χ0n) is 12.2. The third kappa shape index (κ3) is 5.73. The molecule has 0 spiro atoms. The number of benzene rings is 1. The van der Waals surface area contributed by atoms with Gasteiger partial charge in [0.05, 0.1) is 7.11 Å². The van der Waals surface area contributed by atoms with Crippen LogP contribution in [0.4, 0.5) is 10.5 Å². The molecule has 0 radical (unpaired) electrons. The quantitative estimate of drug-likeness (QED) is 0.406. The van der Waals surface area contributed by atoms with Crippen LogP contribution in [0.1, 0.15) is 38.2 Å². The Morgan fingerprint density at radius 1 is 1.20 bits per heavy atom. The molecule has 5 nitrogen and oxygen atoms in total. The highest BCUT2D eigenvalue weighted by Crippen LogP contribution is 2.10. The second-order valence-electron chi connectivity index (χ2n) is 4.55. The van der Waals surface area contributed by atoms with E-state index in [9.17, 15) is 4.79 Å². The number of hydrogen-bond acceptors (Lipinski definition) is 3. The monoisotopic (exact) mass is 277 g/mol. The van der Waals surface area contributed by atoms with Gasteiger partial charge in [0.25, 0.3) is 0 Å². The fourth-order valence-corrected chi connectivity index (χ4v) is 1.75. The highest BCUT2D eigenvalue weighted by Gasteiger charge is 2.03. The van der Waals surface area contributed by atoms with Crippen LogP contribution in [0.5, 0.6) is 0 Å². The fraction of sp³-hybridized carbons (Fsp3) is 0.467. The molecule has 1 aromatic rings. The summed E-state index contributed by atoms with van der Waals surface area (Å²) >= 11 is 0. The van der Waals surface area contributed by atoms with Crippen molar-refractivity contribution in [3.8, 4) is 0 Å². The second kappa shape index (κ2) is 8.96. The first-order valence-corrected chi connectivity index (χ1v) is 6.95. The van der Waals surface area contributed by atoms with Crippen molar-refractivity contribution in [3.05, 3.63) is 29.8 Å². The van der Waals surface area contributed by atoms with E-state index < -0.39 is 0 Å². The summed E-state index contributed by atoms with van der Waals surface area (Å²) < 4.78 is 4.83. The third-order valence-corrected chi connectivity index (χ3v) is 2.92. The molecule has 0 saturated heterocycles. The molecule has 0 bridgehead atoms. The average molecular weight is 277 g/mol. The molecule has 0 unspecified atom stereocenters. The number of nitrogens with one attached hydrogen (secondary N) is 3. The Hall–Kier alpha value is -2.04. The Kier molecular flexibility index (Phi) is 7.17. The highest BCUT2D eigenvalue weighted by molar-refractivity contribution is 5.93. The number of anilines is 1. The van der Waals surface area contributed by atoms with Gasteiger partial charge in [-0.15, -0.1) is 0 Å². The SMILES string of the molecule is CCCCCCNC(=O)Nc1ccc(C(=N)OC)cc1. The molecule has 0 aliphatic heterocycles. The zero-order valence-corrected chi connectivity index (χ0v) is 12.2. The first-order valence-electron chi connectivity index (χ1n) is 6.95. The molecule has 0 atom stereocenters. The van der Waals surface area contributed by atoms with Crippen LogP contribution in [-0.2, 0) is 4.74 Å². The molecule has 20 heavy (non-hydrogen) atoms. The van der Waals surface area contributed by atoms with Crippen molar-refractivity contribution in [2.24, 2.45) is 0 Å². The predicted molar refractivity (Wildman–Crippen MR) is 81.4 cm³/mol. The van der Waals surface area contributed by atoms with Gasteiger partial charge < -0.3 is 15.4 Å². The normalized spacial score (nSPS) is 9.90. The molecule has 3 N–H and O–H groups in total. The molecular formula is C15H23N3O2. The molecule has 5 heteroatoms. The van der Waals surface area contributed by atoms with Crippen LogP contribution in [0, 0.1) is 5.41 Å². The number of carbonyl (C=O) groups is 1. The molecule has 0 heterocycles. The average Bonchev–Trinajstić information content (AvgIpc) is 2.47. The van der Waals surface area contributed by atoms with Gasteiger partial charge in [-0.2, -0.15) is 0 Å². The Morgan fingerprint density at radius 3 is 2.50 bits per heavy atom. The summed E-state index contributed by atoms with van der Waals surface area (Å²) in [7, 11) is 1.46. The van der Waals surface area contributed by atoms with Crippen molar-refractivity contribution in [3.63, 3.8) is 0 Å². The molecule has 0 aliphatic rings. The molecule has 1 aromatic carbocycles. The van der Waals surface area contributed by atoms with Crippen LogP contribution >= 0.6 is 0 Å². The Balaban J connectivity index is 2.33. The maximum Gasteiger partial charge on any atom is 0.319 e. The van der Waals surface area contributed by atoms with Gasteiger partial charge in [-0.05, 0) is 30.7 Å². The summed E-state index contributed by atoms with van der Waals surface area (Å²) in [5.41, 5.74) is 1.38. The molecule has 0 aromatic heterocycles. The smallest absolute Gasteiger partial charge is 0.319 e. The number of hydrogen-bond donors (Lipinski definition) is 3. The summed E-state index contributed by atoms with van der Waals surface area (Å²) in [6.07, 6.45) is 4.54. The lowest BCUT2D eigenvalue weighted by molar-refractivity contribution is 0.252. The Bertz CT molecular complexity index is 429. The van der Waals surface area contributed by atoms with E-state index in [1.54, 1.807) is 24.3 Å². The summed E-state index contributed by atoms with van der Waals surface area (Å²) in [5, 5.41) is 13.1. The van der Waals surface area contributed by atoms with Gasteiger partial charge in [-0.1, -0.05) is 26.2 Å². The maximum absolute atomic E-state index is 11.6. The minimum Gasteiger partial charge on any atom is -0.481 e. The van der Waals surface area contributed by atoms with Gasteiger partial charge >= 0.3 is 6.03 Å². The third-order valence-electron chi connectivity index (χ3n) is 2.92. The number of amides is 2. The molecule has 0 aliphatic carbocycles. The van der Waals surface area contributed by atoms with E-state index in [0.29, 0.717) is 17.8 Å². The lowest BCUT2D eigenvalue weighted by Crippen LogP contribution is -2.29. The van der Waals surface area contributed by atoms with E-state index >= 15 is 0 Å². The topological polar surface area (TPSA) is 74.2 Å². The number of urea groups is 1. The minimum atomic E-state index is -0.198. The van der Waals surface area contributed by atoms with Crippen molar-refractivity contribution in [1.29, 1.82) is 5.41 Å². The van der Waals surface area contributed by atoms with E-state index in [1.165, 1.54) is 20.0 Å². The van der Waals surface area contributed by atoms with E-state index in [4.69, 9.17) is 10.1 Å². The predicted octanol–water partition coefficient (Wildman–Crippen LogP) is 3.36. The molecule has 110 valence electrons. The maximum atomic E-state index is 11.6. The number of rotatable bonds is 7. The molecular weight excluding hydrogens is 254 g/mol. The van der Waals surface area contributed by atoms with Gasteiger partial charge in [0, 0.05) is 17.8 Å². The molecule has 1 rings (SSSR count). The van der Waals surface area contributed by atoms with E-state index in [-0.39, 0.29) is 11.9 Å². The lowest BCUT2D eigenvalue weighted by Gasteiger charge is -2.08. The number of methoxy groups -OCH3 is 1. The fourth-order valence-electron chi connectivity index (χ4n) is 1.75. The van der Waals surface area contributed by atoms with Crippen LogP contribution in [0.25, 0.3) is 0 Å². The van der Waals surface area contributed by atoms with E-state index in [1.807, 2.05) is 0 Å². The van der Waals surface area contributed by atoms with Crippen LogP contribution in [0.2, 0.25) is 0 Å². The van der Waals surface area contributed by atoms with Crippen LogP contribution in [0.15, 0.2) is 24.3 Å². The van der Waals surface area contributed by atoms with Crippen molar-refractivity contribution in [2.45, 2.75) is 32.6 Å². The lowest BCUT2D eigenvalue weighted by atomic mass is 10.2. The Labute approximate surface area is 120 Å². The van der Waals surface area contributed by atoms with Crippen molar-refractivity contribution in [2.75, 3.05) is 19.0 Å². The zero-order chi connectivity index (χ0) is 14.8. The summed E-state index contributed by atoms with van der Waals surface area (Å²) in [6, 6.07) is 6.78.